The van der Waals surface area contributed by atoms with E-state index in [1.54, 1.807) is 19.0 Å². The van der Waals surface area contributed by atoms with Crippen molar-refractivity contribution in [1.82, 2.24) is 14.9 Å². The summed E-state index contributed by atoms with van der Waals surface area (Å²) in [5.74, 6) is 6.18. The van der Waals surface area contributed by atoms with E-state index < -0.39 is 0 Å². The van der Waals surface area contributed by atoms with Gasteiger partial charge >= 0.3 is 0 Å². The van der Waals surface area contributed by atoms with Gasteiger partial charge in [0.15, 0.2) is 0 Å². The van der Waals surface area contributed by atoms with Crippen LogP contribution in [0.4, 0.5) is 5.95 Å². The van der Waals surface area contributed by atoms with Crippen LogP contribution in [0.25, 0.3) is 0 Å². The van der Waals surface area contributed by atoms with Crippen LogP contribution < -0.4 is 16.3 Å². The Morgan fingerprint density at radius 3 is 2.31 bits per heavy atom. The molecule has 1 aromatic rings. The number of hydrogen-bond donors (Lipinski definition) is 1. The van der Waals surface area contributed by atoms with Gasteiger partial charge in [-0.15, -0.1) is 10.2 Å². The van der Waals surface area contributed by atoms with E-state index in [1.807, 2.05) is 13.8 Å². The van der Waals surface area contributed by atoms with Crippen molar-refractivity contribution in [2.45, 2.75) is 32.6 Å². The smallest absolute Gasteiger partial charge is 0.295 e. The van der Waals surface area contributed by atoms with Crippen molar-refractivity contribution in [2.24, 2.45) is 0 Å². The van der Waals surface area contributed by atoms with Gasteiger partial charge in [0, 0.05) is 20.0 Å². The Morgan fingerprint density at radius 1 is 1.31 bits per heavy atom. The van der Waals surface area contributed by atoms with E-state index in [4.69, 9.17) is 5.84 Å². The number of nitrogens with two attached hydrogens (primary N) is 1. The topological polar surface area (TPSA) is 77.0 Å². The third-order valence-electron chi connectivity index (χ3n) is 2.67. The van der Waals surface area contributed by atoms with E-state index in [-0.39, 0.29) is 11.5 Å². The molecular formula is C10H19N5O. The standard InChI is InChI=1S/C10H19N5O/c1-5-7(6-2)8-9(16)15(11)10(13-12-8)14(3)4/h7H,5-6,11H2,1-4H3. The van der Waals surface area contributed by atoms with Crippen molar-refractivity contribution >= 4 is 5.95 Å². The summed E-state index contributed by atoms with van der Waals surface area (Å²) in [4.78, 5) is 13.6. The predicted octanol–water partition coefficient (Wildman–Crippen LogP) is 0.322. The van der Waals surface area contributed by atoms with E-state index in [9.17, 15) is 4.79 Å². The minimum atomic E-state index is -0.257. The molecule has 6 nitrogen and oxygen atoms in total. The Hall–Kier alpha value is -1.59. The van der Waals surface area contributed by atoms with E-state index >= 15 is 0 Å². The van der Waals surface area contributed by atoms with Crippen molar-refractivity contribution < 1.29 is 0 Å². The van der Waals surface area contributed by atoms with Gasteiger partial charge in [0.2, 0.25) is 5.95 Å². The zero-order valence-corrected chi connectivity index (χ0v) is 10.3. The molecule has 0 atom stereocenters. The molecule has 90 valence electrons. The number of anilines is 1. The Balaban J connectivity index is 3.27. The largest absolute Gasteiger partial charge is 0.346 e. The van der Waals surface area contributed by atoms with Crippen molar-refractivity contribution in [3.63, 3.8) is 0 Å². The van der Waals surface area contributed by atoms with Crippen LogP contribution in [0, 0.1) is 0 Å². The average Bonchev–Trinajstić information content (AvgIpc) is 2.25. The van der Waals surface area contributed by atoms with Gasteiger partial charge < -0.3 is 10.7 Å². The lowest BCUT2D eigenvalue weighted by atomic mass is 10.0. The molecule has 0 bridgehead atoms. The van der Waals surface area contributed by atoms with Crippen LogP contribution in [0.3, 0.4) is 0 Å². The van der Waals surface area contributed by atoms with Crippen LogP contribution in [0.15, 0.2) is 4.79 Å². The molecule has 0 radical (unpaired) electrons. The summed E-state index contributed by atoms with van der Waals surface area (Å²) in [5.41, 5.74) is 0.200. The Kier molecular flexibility index (Phi) is 3.87. The summed E-state index contributed by atoms with van der Waals surface area (Å²) in [5, 5.41) is 7.97. The second kappa shape index (κ2) is 4.96. The number of nitrogen functional groups attached to an aromatic ring is 1. The summed E-state index contributed by atoms with van der Waals surface area (Å²) < 4.78 is 1.06. The molecule has 1 rings (SSSR count). The number of aromatic nitrogens is 3. The molecule has 0 aliphatic carbocycles. The second-order valence-corrected chi connectivity index (χ2v) is 3.97. The summed E-state index contributed by atoms with van der Waals surface area (Å²) in [6, 6.07) is 0. The number of hydrogen-bond acceptors (Lipinski definition) is 5. The molecule has 2 N–H and O–H groups in total. The maximum atomic E-state index is 12.0. The normalized spacial score (nSPS) is 10.8. The maximum Gasteiger partial charge on any atom is 0.295 e. The highest BCUT2D eigenvalue weighted by molar-refractivity contribution is 5.27. The highest BCUT2D eigenvalue weighted by Gasteiger charge is 2.17. The van der Waals surface area contributed by atoms with Crippen LogP contribution in [0.1, 0.15) is 38.3 Å². The number of rotatable bonds is 4. The second-order valence-electron chi connectivity index (χ2n) is 3.97. The molecule has 6 heteroatoms. The first-order valence-electron chi connectivity index (χ1n) is 5.44. The van der Waals surface area contributed by atoms with Crippen molar-refractivity contribution in [3.8, 4) is 0 Å². The molecule has 0 saturated heterocycles. The average molecular weight is 225 g/mol. The fraction of sp³-hybridized carbons (Fsp3) is 0.700. The zero-order chi connectivity index (χ0) is 12.3. The fourth-order valence-corrected chi connectivity index (χ4v) is 1.64. The van der Waals surface area contributed by atoms with Crippen molar-refractivity contribution in [3.05, 3.63) is 16.0 Å². The van der Waals surface area contributed by atoms with Crippen LogP contribution in [-0.2, 0) is 0 Å². The quantitative estimate of drug-likeness (QED) is 0.747. The van der Waals surface area contributed by atoms with E-state index in [0.29, 0.717) is 11.6 Å². The summed E-state index contributed by atoms with van der Waals surface area (Å²) >= 11 is 0. The van der Waals surface area contributed by atoms with Crippen molar-refractivity contribution in [2.75, 3.05) is 24.8 Å². The van der Waals surface area contributed by atoms with E-state index in [2.05, 4.69) is 10.2 Å². The first-order valence-corrected chi connectivity index (χ1v) is 5.44. The van der Waals surface area contributed by atoms with Gasteiger partial charge in [0.25, 0.3) is 5.56 Å². The van der Waals surface area contributed by atoms with Gasteiger partial charge in [-0.1, -0.05) is 13.8 Å². The lowest BCUT2D eigenvalue weighted by molar-refractivity contribution is 0.588. The Bertz CT molecular complexity index is 408. The fourth-order valence-electron chi connectivity index (χ4n) is 1.64. The number of nitrogens with zero attached hydrogens (tertiary/aromatic N) is 4. The van der Waals surface area contributed by atoms with Gasteiger partial charge in [-0.3, -0.25) is 4.79 Å². The van der Waals surface area contributed by atoms with Crippen LogP contribution in [-0.4, -0.2) is 29.0 Å². The molecule has 1 aromatic heterocycles. The lowest BCUT2D eigenvalue weighted by Crippen LogP contribution is -2.37. The molecule has 0 spiro atoms. The van der Waals surface area contributed by atoms with Crippen molar-refractivity contribution in [1.29, 1.82) is 0 Å². The predicted molar refractivity (Wildman–Crippen MR) is 64.1 cm³/mol. The Morgan fingerprint density at radius 2 is 1.88 bits per heavy atom. The van der Waals surface area contributed by atoms with Gasteiger partial charge in [-0.05, 0) is 12.8 Å². The highest BCUT2D eigenvalue weighted by atomic mass is 16.1. The Labute approximate surface area is 95.1 Å². The lowest BCUT2D eigenvalue weighted by Gasteiger charge is -2.16. The first kappa shape index (κ1) is 12.5. The molecule has 0 unspecified atom stereocenters. The third-order valence-corrected chi connectivity index (χ3v) is 2.67. The minimum absolute atomic E-state index is 0.131. The maximum absolute atomic E-state index is 12.0. The van der Waals surface area contributed by atoms with Gasteiger partial charge in [-0.25, -0.2) is 0 Å². The van der Waals surface area contributed by atoms with E-state index in [1.165, 1.54) is 0 Å². The summed E-state index contributed by atoms with van der Waals surface area (Å²) in [6.45, 7) is 4.05. The SMILES string of the molecule is CCC(CC)c1nnc(N(C)C)n(N)c1=O. The van der Waals surface area contributed by atoms with Gasteiger partial charge in [0.05, 0.1) is 0 Å². The molecular weight excluding hydrogens is 206 g/mol. The molecule has 0 aliphatic rings. The molecule has 0 aromatic carbocycles. The summed E-state index contributed by atoms with van der Waals surface area (Å²) in [6.07, 6.45) is 1.73. The van der Waals surface area contributed by atoms with Crippen LogP contribution in [0.5, 0.6) is 0 Å². The van der Waals surface area contributed by atoms with Crippen LogP contribution >= 0.6 is 0 Å². The van der Waals surface area contributed by atoms with Gasteiger partial charge in [0.1, 0.15) is 5.69 Å². The third kappa shape index (κ3) is 2.15. The monoisotopic (exact) mass is 225 g/mol. The molecule has 0 fully saturated rings. The minimum Gasteiger partial charge on any atom is -0.346 e. The van der Waals surface area contributed by atoms with Crippen LogP contribution in [0.2, 0.25) is 0 Å². The van der Waals surface area contributed by atoms with Gasteiger partial charge in [-0.2, -0.15) is 4.68 Å². The molecule has 0 saturated carbocycles. The highest BCUT2D eigenvalue weighted by Crippen LogP contribution is 2.17. The molecule has 16 heavy (non-hydrogen) atoms. The summed E-state index contributed by atoms with van der Waals surface area (Å²) in [7, 11) is 3.53. The molecule has 0 aliphatic heterocycles. The first-order chi connectivity index (χ1) is 7.52. The zero-order valence-electron chi connectivity index (χ0n) is 10.3. The van der Waals surface area contributed by atoms with E-state index in [0.717, 1.165) is 17.5 Å². The molecule has 1 heterocycles. The molecule has 0 amide bonds.